The van der Waals surface area contributed by atoms with Gasteiger partial charge in [0, 0.05) is 0 Å². The highest BCUT2D eigenvalue weighted by Crippen LogP contribution is 2.15. The molecule has 19 heavy (non-hydrogen) atoms. The second-order valence-electron chi connectivity index (χ2n) is 4.83. The van der Waals surface area contributed by atoms with Crippen molar-refractivity contribution in [3.05, 3.63) is 29.8 Å². The van der Waals surface area contributed by atoms with Crippen molar-refractivity contribution in [3.63, 3.8) is 0 Å². The van der Waals surface area contributed by atoms with Crippen LogP contribution in [0.25, 0.3) is 0 Å². The third-order valence-corrected chi connectivity index (χ3v) is 2.97. The predicted molar refractivity (Wildman–Crippen MR) is 73.6 cm³/mol. The van der Waals surface area contributed by atoms with E-state index in [-0.39, 0.29) is 11.6 Å². The summed E-state index contributed by atoms with van der Waals surface area (Å²) < 4.78 is 15.8. The fraction of sp³-hybridized carbons (Fsp3) is 0.533. The van der Waals surface area contributed by atoms with E-state index < -0.39 is 0 Å². The van der Waals surface area contributed by atoms with Crippen molar-refractivity contribution in [3.8, 4) is 5.75 Å². The van der Waals surface area contributed by atoms with Gasteiger partial charge < -0.3 is 14.2 Å². The Morgan fingerprint density at radius 1 is 1.16 bits per heavy atom. The highest BCUT2D eigenvalue weighted by molar-refractivity contribution is 5.89. The third kappa shape index (κ3) is 5.30. The molecule has 0 atom stereocenters. The van der Waals surface area contributed by atoms with Gasteiger partial charge in [0.05, 0.1) is 24.9 Å². The van der Waals surface area contributed by atoms with Gasteiger partial charge in [0.25, 0.3) is 0 Å². The summed E-state index contributed by atoms with van der Waals surface area (Å²) in [5, 5.41) is 0. The number of methoxy groups -OCH3 is 1. The van der Waals surface area contributed by atoms with E-state index in [9.17, 15) is 4.79 Å². The molecule has 0 amide bonds. The molecule has 0 heterocycles. The normalized spacial score (nSPS) is 11.2. The van der Waals surface area contributed by atoms with Gasteiger partial charge in [-0.05, 0) is 44.5 Å². The van der Waals surface area contributed by atoms with Crippen molar-refractivity contribution in [1.82, 2.24) is 0 Å². The summed E-state index contributed by atoms with van der Waals surface area (Å²) in [5.41, 5.74) is 0.399. The molecule has 0 aliphatic rings. The maximum atomic E-state index is 11.2. The zero-order valence-electron chi connectivity index (χ0n) is 12.1. The van der Waals surface area contributed by atoms with Crippen LogP contribution in [0.2, 0.25) is 0 Å². The van der Waals surface area contributed by atoms with Crippen LogP contribution in [0.1, 0.15) is 37.6 Å². The lowest BCUT2D eigenvalue weighted by Gasteiger charge is -2.23. The van der Waals surface area contributed by atoms with Gasteiger partial charge in [0.1, 0.15) is 12.4 Å². The van der Waals surface area contributed by atoms with E-state index >= 15 is 0 Å². The van der Waals surface area contributed by atoms with E-state index in [4.69, 9.17) is 9.47 Å². The number of carbonyl (C=O) groups is 1. The number of esters is 1. The summed E-state index contributed by atoms with van der Waals surface area (Å²) in [5.74, 6) is 0.366. The molecule has 0 radical (unpaired) electrons. The summed E-state index contributed by atoms with van der Waals surface area (Å²) in [6.45, 7) is 7.23. The van der Waals surface area contributed by atoms with Crippen molar-refractivity contribution in [2.45, 2.75) is 32.8 Å². The standard InChI is InChI=1S/C15H22O4/c1-5-15(2,3)19-11-10-18-13-8-6-12(7-9-13)14(16)17-4/h6-9H,5,10-11H2,1-4H3. The molecule has 4 heteroatoms. The largest absolute Gasteiger partial charge is 0.491 e. The molecule has 0 aromatic heterocycles. The SMILES string of the molecule is CCC(C)(C)OCCOc1ccc(C(=O)OC)cc1. The lowest BCUT2D eigenvalue weighted by molar-refractivity contribution is -0.0317. The van der Waals surface area contributed by atoms with E-state index in [1.165, 1.54) is 7.11 Å². The fourth-order valence-electron chi connectivity index (χ4n) is 1.38. The molecule has 1 aromatic rings. The minimum atomic E-state index is -0.348. The molecule has 0 saturated carbocycles. The summed E-state index contributed by atoms with van der Waals surface area (Å²) in [6, 6.07) is 6.85. The van der Waals surface area contributed by atoms with E-state index in [2.05, 4.69) is 25.5 Å². The Balaban J connectivity index is 2.36. The van der Waals surface area contributed by atoms with Crippen LogP contribution in [-0.4, -0.2) is 31.9 Å². The van der Waals surface area contributed by atoms with Gasteiger partial charge in [-0.15, -0.1) is 0 Å². The minimum absolute atomic E-state index is 0.113. The van der Waals surface area contributed by atoms with E-state index in [1.807, 2.05) is 0 Å². The summed E-state index contributed by atoms with van der Waals surface area (Å²) in [6.07, 6.45) is 0.959. The molecule has 106 valence electrons. The van der Waals surface area contributed by atoms with E-state index in [0.29, 0.717) is 24.5 Å². The molecule has 0 saturated heterocycles. The highest BCUT2D eigenvalue weighted by atomic mass is 16.5. The van der Waals surface area contributed by atoms with Gasteiger partial charge in [-0.1, -0.05) is 6.92 Å². The van der Waals surface area contributed by atoms with Crippen molar-refractivity contribution >= 4 is 5.97 Å². The first-order chi connectivity index (χ1) is 8.98. The lowest BCUT2D eigenvalue weighted by atomic mass is 10.1. The van der Waals surface area contributed by atoms with Gasteiger partial charge in [0.15, 0.2) is 0 Å². The Labute approximate surface area is 114 Å². The average Bonchev–Trinajstić information content (AvgIpc) is 2.43. The summed E-state index contributed by atoms with van der Waals surface area (Å²) in [7, 11) is 1.36. The second-order valence-corrected chi connectivity index (χ2v) is 4.83. The van der Waals surface area contributed by atoms with Crippen molar-refractivity contribution in [2.24, 2.45) is 0 Å². The molecular formula is C15H22O4. The molecule has 0 fully saturated rings. The van der Waals surface area contributed by atoms with Gasteiger partial charge in [0.2, 0.25) is 0 Å². The topological polar surface area (TPSA) is 44.8 Å². The van der Waals surface area contributed by atoms with E-state index in [0.717, 1.165) is 6.42 Å². The molecule has 4 nitrogen and oxygen atoms in total. The Morgan fingerprint density at radius 2 is 1.79 bits per heavy atom. The quantitative estimate of drug-likeness (QED) is 0.562. The maximum Gasteiger partial charge on any atom is 0.337 e. The van der Waals surface area contributed by atoms with Crippen LogP contribution in [-0.2, 0) is 9.47 Å². The van der Waals surface area contributed by atoms with Gasteiger partial charge in [-0.3, -0.25) is 0 Å². The van der Waals surface area contributed by atoms with Crippen LogP contribution in [0.5, 0.6) is 5.75 Å². The molecule has 0 N–H and O–H groups in total. The number of carbonyl (C=O) groups excluding carboxylic acids is 1. The lowest BCUT2D eigenvalue weighted by Crippen LogP contribution is -2.25. The van der Waals surface area contributed by atoms with Crippen LogP contribution in [0.15, 0.2) is 24.3 Å². The number of benzene rings is 1. The molecule has 0 unspecified atom stereocenters. The zero-order chi connectivity index (χ0) is 14.3. The molecule has 1 aromatic carbocycles. The number of hydrogen-bond acceptors (Lipinski definition) is 4. The van der Waals surface area contributed by atoms with Crippen LogP contribution >= 0.6 is 0 Å². The molecule has 0 spiro atoms. The van der Waals surface area contributed by atoms with Crippen LogP contribution < -0.4 is 4.74 Å². The number of rotatable bonds is 7. The molecule has 0 aliphatic carbocycles. The van der Waals surface area contributed by atoms with Crippen molar-refractivity contribution in [1.29, 1.82) is 0 Å². The Morgan fingerprint density at radius 3 is 2.32 bits per heavy atom. The minimum Gasteiger partial charge on any atom is -0.491 e. The zero-order valence-corrected chi connectivity index (χ0v) is 12.1. The van der Waals surface area contributed by atoms with Gasteiger partial charge >= 0.3 is 5.97 Å². The second kappa shape index (κ2) is 7.14. The van der Waals surface area contributed by atoms with Gasteiger partial charge in [-0.2, -0.15) is 0 Å². The van der Waals surface area contributed by atoms with Gasteiger partial charge in [-0.25, -0.2) is 4.79 Å². The fourth-order valence-corrected chi connectivity index (χ4v) is 1.38. The smallest absolute Gasteiger partial charge is 0.337 e. The Hall–Kier alpha value is -1.55. The molecular weight excluding hydrogens is 244 g/mol. The maximum absolute atomic E-state index is 11.2. The average molecular weight is 266 g/mol. The third-order valence-electron chi connectivity index (χ3n) is 2.97. The number of ether oxygens (including phenoxy) is 3. The first kappa shape index (κ1) is 15.5. The van der Waals surface area contributed by atoms with Crippen LogP contribution in [0.4, 0.5) is 0 Å². The molecule has 0 bridgehead atoms. The molecule has 0 aliphatic heterocycles. The summed E-state index contributed by atoms with van der Waals surface area (Å²) in [4.78, 5) is 11.2. The van der Waals surface area contributed by atoms with Crippen LogP contribution in [0, 0.1) is 0 Å². The predicted octanol–water partition coefficient (Wildman–Crippen LogP) is 3.06. The number of hydrogen-bond donors (Lipinski definition) is 0. The highest BCUT2D eigenvalue weighted by Gasteiger charge is 2.14. The Kier molecular flexibility index (Phi) is 5.83. The molecule has 1 rings (SSSR count). The first-order valence-corrected chi connectivity index (χ1v) is 6.43. The van der Waals surface area contributed by atoms with E-state index in [1.54, 1.807) is 24.3 Å². The summed E-state index contributed by atoms with van der Waals surface area (Å²) >= 11 is 0. The first-order valence-electron chi connectivity index (χ1n) is 6.43. The van der Waals surface area contributed by atoms with Crippen molar-refractivity contribution in [2.75, 3.05) is 20.3 Å². The van der Waals surface area contributed by atoms with Crippen LogP contribution in [0.3, 0.4) is 0 Å². The monoisotopic (exact) mass is 266 g/mol. The Bertz CT molecular complexity index is 395. The van der Waals surface area contributed by atoms with Crippen molar-refractivity contribution < 1.29 is 19.0 Å².